The fourth-order valence-electron chi connectivity index (χ4n) is 2.60. The Hall–Kier alpha value is -0.120. The zero-order valence-corrected chi connectivity index (χ0v) is 15.0. The van der Waals surface area contributed by atoms with Crippen molar-refractivity contribution in [1.82, 2.24) is 9.80 Å². The van der Waals surface area contributed by atoms with Crippen LogP contribution in [0, 0.1) is 11.8 Å². The first-order chi connectivity index (χ1) is 9.35. The average Bonchev–Trinajstić information content (AvgIpc) is 2.27. The number of morpholine rings is 1. The summed E-state index contributed by atoms with van der Waals surface area (Å²) in [4.78, 5) is 4.71. The van der Waals surface area contributed by atoms with E-state index in [1.807, 2.05) is 0 Å². The molecule has 0 radical (unpaired) electrons. The van der Waals surface area contributed by atoms with Crippen LogP contribution in [0.25, 0.3) is 0 Å². The Kier molecular flexibility index (Phi) is 11.5. The van der Waals surface area contributed by atoms with Crippen LogP contribution in [0.1, 0.15) is 47.5 Å². The Morgan fingerprint density at radius 1 is 1.20 bits per heavy atom. The van der Waals surface area contributed by atoms with E-state index in [0.29, 0.717) is 6.10 Å². The van der Waals surface area contributed by atoms with E-state index < -0.39 is 0 Å². The number of ether oxygens (including phenoxy) is 1. The van der Waals surface area contributed by atoms with E-state index in [1.165, 1.54) is 12.8 Å². The second-order valence-corrected chi connectivity index (χ2v) is 7.05. The molecule has 122 valence electrons. The van der Waals surface area contributed by atoms with E-state index in [0.717, 1.165) is 44.6 Å². The third-order valence-corrected chi connectivity index (χ3v) is 3.40. The molecule has 0 bridgehead atoms. The highest BCUT2D eigenvalue weighted by molar-refractivity contribution is 4.72. The first-order valence-electron chi connectivity index (χ1n) is 8.33. The topological polar surface area (TPSA) is 15.7 Å². The molecule has 1 aliphatic heterocycles. The molecule has 1 rings (SSSR count). The molecule has 3 nitrogen and oxygen atoms in total. The summed E-state index contributed by atoms with van der Waals surface area (Å²) in [6, 6.07) is 0. The molecule has 1 unspecified atom stereocenters. The standard InChI is InChI=1S/C11H24N2O.C6H14/c1-10(2)7-13(4)9-11-8-12(3)5-6-14-11;1-4-5-6(2)3/h10-11H,5-9H2,1-4H3;6H,4-5H2,1-3H3. The minimum Gasteiger partial charge on any atom is -0.374 e. The van der Waals surface area contributed by atoms with Gasteiger partial charge in [0.15, 0.2) is 0 Å². The van der Waals surface area contributed by atoms with Gasteiger partial charge >= 0.3 is 0 Å². The summed E-state index contributed by atoms with van der Waals surface area (Å²) < 4.78 is 5.72. The molecule has 20 heavy (non-hydrogen) atoms. The molecule has 1 saturated heterocycles. The van der Waals surface area contributed by atoms with Gasteiger partial charge in [-0.05, 0) is 25.9 Å². The smallest absolute Gasteiger partial charge is 0.0829 e. The molecule has 0 aromatic carbocycles. The van der Waals surface area contributed by atoms with Crippen LogP contribution >= 0.6 is 0 Å². The van der Waals surface area contributed by atoms with Gasteiger partial charge in [0.1, 0.15) is 0 Å². The maximum absolute atomic E-state index is 5.72. The Morgan fingerprint density at radius 3 is 2.25 bits per heavy atom. The third-order valence-electron chi connectivity index (χ3n) is 3.40. The van der Waals surface area contributed by atoms with Crippen LogP contribution < -0.4 is 0 Å². The summed E-state index contributed by atoms with van der Waals surface area (Å²) in [7, 11) is 4.34. The van der Waals surface area contributed by atoms with Gasteiger partial charge in [0.05, 0.1) is 12.7 Å². The number of hydrogen-bond donors (Lipinski definition) is 0. The predicted octanol–water partition coefficient (Wildman–Crippen LogP) is 3.35. The molecule has 1 aliphatic rings. The van der Waals surface area contributed by atoms with Crippen molar-refractivity contribution >= 4 is 0 Å². The highest BCUT2D eigenvalue weighted by Crippen LogP contribution is 2.05. The highest BCUT2D eigenvalue weighted by Gasteiger charge is 2.19. The van der Waals surface area contributed by atoms with Gasteiger partial charge in [-0.2, -0.15) is 0 Å². The van der Waals surface area contributed by atoms with Crippen LogP contribution in [0.4, 0.5) is 0 Å². The van der Waals surface area contributed by atoms with Gasteiger partial charge in [-0.1, -0.05) is 47.5 Å². The largest absolute Gasteiger partial charge is 0.374 e. The molecule has 0 N–H and O–H groups in total. The van der Waals surface area contributed by atoms with Crippen LogP contribution in [0.3, 0.4) is 0 Å². The van der Waals surface area contributed by atoms with Crippen molar-refractivity contribution in [3.8, 4) is 0 Å². The van der Waals surface area contributed by atoms with E-state index in [4.69, 9.17) is 4.74 Å². The lowest BCUT2D eigenvalue weighted by molar-refractivity contribution is -0.0334. The number of likely N-dealkylation sites (N-methyl/N-ethyl adjacent to an activating group) is 2. The van der Waals surface area contributed by atoms with Crippen molar-refractivity contribution in [3.63, 3.8) is 0 Å². The van der Waals surface area contributed by atoms with Gasteiger partial charge in [-0.15, -0.1) is 0 Å². The first-order valence-corrected chi connectivity index (χ1v) is 8.33. The minimum atomic E-state index is 0.400. The third kappa shape index (κ3) is 11.7. The Balaban J connectivity index is 0.000000511. The minimum absolute atomic E-state index is 0.400. The molecular formula is C17H38N2O. The van der Waals surface area contributed by atoms with Gasteiger partial charge in [0.25, 0.3) is 0 Å². The Morgan fingerprint density at radius 2 is 1.85 bits per heavy atom. The van der Waals surface area contributed by atoms with Crippen molar-refractivity contribution in [2.24, 2.45) is 11.8 Å². The van der Waals surface area contributed by atoms with Gasteiger partial charge in [-0.25, -0.2) is 0 Å². The van der Waals surface area contributed by atoms with Crippen molar-refractivity contribution < 1.29 is 4.74 Å². The van der Waals surface area contributed by atoms with Crippen molar-refractivity contribution in [1.29, 1.82) is 0 Å². The average molecular weight is 287 g/mol. The van der Waals surface area contributed by atoms with Crippen LogP contribution in [0.2, 0.25) is 0 Å². The fourth-order valence-corrected chi connectivity index (χ4v) is 2.60. The zero-order chi connectivity index (χ0) is 15.5. The van der Waals surface area contributed by atoms with Gasteiger partial charge in [-0.3, -0.25) is 0 Å². The Labute approximate surface area is 127 Å². The molecule has 1 heterocycles. The summed E-state index contributed by atoms with van der Waals surface area (Å²) in [5.41, 5.74) is 0. The Bertz CT molecular complexity index is 219. The molecule has 1 atom stereocenters. The van der Waals surface area contributed by atoms with Crippen molar-refractivity contribution in [2.45, 2.75) is 53.6 Å². The predicted molar refractivity (Wildman–Crippen MR) is 89.3 cm³/mol. The molecule has 0 saturated carbocycles. The van der Waals surface area contributed by atoms with Crippen molar-refractivity contribution in [2.75, 3.05) is 46.9 Å². The lowest BCUT2D eigenvalue weighted by atomic mass is 10.1. The van der Waals surface area contributed by atoms with E-state index >= 15 is 0 Å². The highest BCUT2D eigenvalue weighted by atomic mass is 16.5. The summed E-state index contributed by atoms with van der Waals surface area (Å²) >= 11 is 0. The molecule has 0 aromatic rings. The number of nitrogens with zero attached hydrogens (tertiary/aromatic N) is 2. The molecule has 0 amide bonds. The van der Waals surface area contributed by atoms with Crippen molar-refractivity contribution in [3.05, 3.63) is 0 Å². The monoisotopic (exact) mass is 286 g/mol. The summed E-state index contributed by atoms with van der Waals surface area (Å²) in [5.74, 6) is 1.64. The van der Waals surface area contributed by atoms with E-state index in [-0.39, 0.29) is 0 Å². The summed E-state index contributed by atoms with van der Waals surface area (Å²) in [5, 5.41) is 0. The maximum Gasteiger partial charge on any atom is 0.0829 e. The van der Waals surface area contributed by atoms with Gasteiger partial charge in [0, 0.05) is 26.2 Å². The molecular weight excluding hydrogens is 248 g/mol. The molecule has 0 spiro atoms. The molecule has 0 aromatic heterocycles. The lowest BCUT2D eigenvalue weighted by Crippen LogP contribution is -2.45. The van der Waals surface area contributed by atoms with Crippen LogP contribution in [-0.4, -0.2) is 62.8 Å². The van der Waals surface area contributed by atoms with Crippen LogP contribution in [0.5, 0.6) is 0 Å². The first kappa shape index (κ1) is 19.9. The maximum atomic E-state index is 5.72. The van der Waals surface area contributed by atoms with Gasteiger partial charge < -0.3 is 14.5 Å². The lowest BCUT2D eigenvalue weighted by Gasteiger charge is -2.33. The van der Waals surface area contributed by atoms with E-state index in [9.17, 15) is 0 Å². The normalized spacial score (nSPS) is 20.4. The second kappa shape index (κ2) is 11.5. The van der Waals surface area contributed by atoms with Crippen LogP contribution in [0.15, 0.2) is 0 Å². The summed E-state index contributed by atoms with van der Waals surface area (Å²) in [6.45, 7) is 16.5. The molecule has 3 heteroatoms. The van der Waals surface area contributed by atoms with E-state index in [2.05, 4.69) is 58.5 Å². The second-order valence-electron chi connectivity index (χ2n) is 7.05. The molecule has 0 aliphatic carbocycles. The quantitative estimate of drug-likeness (QED) is 0.745. The van der Waals surface area contributed by atoms with E-state index in [1.54, 1.807) is 0 Å². The van der Waals surface area contributed by atoms with Crippen LogP contribution in [-0.2, 0) is 4.74 Å². The summed E-state index contributed by atoms with van der Waals surface area (Å²) in [6.07, 6.45) is 3.11. The number of hydrogen-bond acceptors (Lipinski definition) is 3. The zero-order valence-electron chi connectivity index (χ0n) is 15.0. The molecule has 1 fully saturated rings. The number of rotatable bonds is 6. The SMILES string of the molecule is CC(C)CN(C)CC1CN(C)CCO1.CCCC(C)C. The fraction of sp³-hybridized carbons (Fsp3) is 1.00. The van der Waals surface area contributed by atoms with Gasteiger partial charge in [0.2, 0.25) is 0 Å².